The Bertz CT molecular complexity index is 555. The number of pyridine rings is 1. The second-order valence-corrected chi connectivity index (χ2v) is 5.27. The summed E-state index contributed by atoms with van der Waals surface area (Å²) in [6.07, 6.45) is 1.73. The van der Waals surface area contributed by atoms with Crippen molar-refractivity contribution in [2.75, 3.05) is 0 Å². The van der Waals surface area contributed by atoms with E-state index in [0.29, 0.717) is 4.47 Å². The average Bonchev–Trinajstić information content (AvgIpc) is 2.33. The van der Waals surface area contributed by atoms with E-state index in [2.05, 4.69) is 21.2 Å². The van der Waals surface area contributed by atoms with Crippen LogP contribution in [0.2, 0.25) is 0 Å². The highest BCUT2D eigenvalue weighted by molar-refractivity contribution is 9.10. The molecule has 0 fully saturated rings. The molecule has 0 bridgehead atoms. The van der Waals surface area contributed by atoms with Gasteiger partial charge < -0.3 is 15.0 Å². The molecule has 104 valence electrons. The van der Waals surface area contributed by atoms with Crippen molar-refractivity contribution in [1.82, 2.24) is 9.88 Å². The summed E-state index contributed by atoms with van der Waals surface area (Å²) in [5.41, 5.74) is -1.65. The molecule has 0 radical (unpaired) electrons. The van der Waals surface area contributed by atoms with Crippen molar-refractivity contribution in [1.29, 1.82) is 0 Å². The second kappa shape index (κ2) is 6.01. The van der Waals surface area contributed by atoms with E-state index in [0.717, 1.165) is 0 Å². The van der Waals surface area contributed by atoms with Gasteiger partial charge >= 0.3 is 5.97 Å². The van der Waals surface area contributed by atoms with Gasteiger partial charge in [0.15, 0.2) is 0 Å². The minimum Gasteiger partial charge on any atom is -0.480 e. The van der Waals surface area contributed by atoms with Crippen LogP contribution in [0.5, 0.6) is 0 Å². The molecule has 0 saturated heterocycles. The minimum atomic E-state index is -1.33. The number of hydrogen-bond acceptors (Lipinski definition) is 3. The van der Waals surface area contributed by atoms with Crippen molar-refractivity contribution in [3.8, 4) is 0 Å². The van der Waals surface area contributed by atoms with Gasteiger partial charge in [-0.3, -0.25) is 9.59 Å². The number of carboxylic acid groups (broad SMARTS) is 1. The summed E-state index contributed by atoms with van der Waals surface area (Å²) in [5, 5.41) is 11.5. The van der Waals surface area contributed by atoms with Crippen LogP contribution in [0, 0.1) is 0 Å². The molecular formula is C12H15BrN2O4. The molecule has 19 heavy (non-hydrogen) atoms. The predicted octanol–water partition coefficient (Wildman–Crippen LogP) is 0.980. The lowest BCUT2D eigenvalue weighted by Gasteiger charge is -2.24. The summed E-state index contributed by atoms with van der Waals surface area (Å²) in [6.45, 7) is 2.87. The molecule has 1 aromatic heterocycles. The Morgan fingerprint density at radius 1 is 1.47 bits per heavy atom. The van der Waals surface area contributed by atoms with Crippen LogP contribution in [-0.4, -0.2) is 27.1 Å². The van der Waals surface area contributed by atoms with Gasteiger partial charge in [0.2, 0.25) is 5.91 Å². The first-order valence-electron chi connectivity index (χ1n) is 5.69. The zero-order chi connectivity index (χ0) is 14.6. The highest BCUT2D eigenvalue weighted by Gasteiger charge is 2.32. The van der Waals surface area contributed by atoms with Crippen molar-refractivity contribution >= 4 is 27.8 Å². The maximum absolute atomic E-state index is 11.8. The van der Waals surface area contributed by atoms with E-state index in [-0.39, 0.29) is 18.5 Å². The number of aromatic nitrogens is 1. The van der Waals surface area contributed by atoms with Crippen molar-refractivity contribution in [3.05, 3.63) is 33.2 Å². The van der Waals surface area contributed by atoms with Crippen LogP contribution in [0.15, 0.2) is 27.6 Å². The zero-order valence-electron chi connectivity index (χ0n) is 10.6. The van der Waals surface area contributed by atoms with Gasteiger partial charge in [0.05, 0.1) is 0 Å². The van der Waals surface area contributed by atoms with Crippen molar-refractivity contribution in [2.24, 2.45) is 0 Å². The van der Waals surface area contributed by atoms with E-state index in [1.807, 2.05) is 0 Å². The number of nitrogens with one attached hydrogen (secondary N) is 1. The monoisotopic (exact) mass is 330 g/mol. The van der Waals surface area contributed by atoms with E-state index < -0.39 is 17.4 Å². The normalized spacial score (nSPS) is 13.6. The second-order valence-electron chi connectivity index (χ2n) is 4.35. The minimum absolute atomic E-state index is 0.221. The molecule has 6 nitrogen and oxygen atoms in total. The summed E-state index contributed by atoms with van der Waals surface area (Å²) < 4.78 is 1.87. The number of amides is 1. The summed E-state index contributed by atoms with van der Waals surface area (Å²) in [6, 6.07) is 2.90. The summed E-state index contributed by atoms with van der Waals surface area (Å²) in [4.78, 5) is 34.4. The Morgan fingerprint density at radius 3 is 2.63 bits per heavy atom. The largest absolute Gasteiger partial charge is 0.480 e. The zero-order valence-corrected chi connectivity index (χ0v) is 12.2. The number of carboxylic acids is 1. The molecule has 0 aliphatic rings. The standard InChI is InChI=1S/C12H15BrN2O4/c1-3-12(2,11(18)19)14-9(16)7-15-6-8(13)4-5-10(15)17/h4-6H,3,7H2,1-2H3,(H,14,16)(H,18,19). The van der Waals surface area contributed by atoms with Crippen LogP contribution in [-0.2, 0) is 16.1 Å². The molecule has 1 aromatic rings. The molecule has 0 aliphatic heterocycles. The van der Waals surface area contributed by atoms with Crippen molar-refractivity contribution < 1.29 is 14.7 Å². The van der Waals surface area contributed by atoms with Crippen LogP contribution in [0.25, 0.3) is 0 Å². The molecular weight excluding hydrogens is 316 g/mol. The van der Waals surface area contributed by atoms with Crippen molar-refractivity contribution in [2.45, 2.75) is 32.4 Å². The Hall–Kier alpha value is -1.63. The van der Waals surface area contributed by atoms with E-state index in [1.165, 1.54) is 23.8 Å². The van der Waals surface area contributed by atoms with E-state index in [9.17, 15) is 14.4 Å². The van der Waals surface area contributed by atoms with Crippen LogP contribution in [0.1, 0.15) is 20.3 Å². The van der Waals surface area contributed by atoms with Gasteiger partial charge in [0.1, 0.15) is 12.1 Å². The molecule has 1 heterocycles. The molecule has 7 heteroatoms. The van der Waals surface area contributed by atoms with Crippen molar-refractivity contribution in [3.63, 3.8) is 0 Å². The number of halogens is 1. The molecule has 1 atom stereocenters. The lowest BCUT2D eigenvalue weighted by Crippen LogP contribution is -2.52. The number of carbonyl (C=O) groups excluding carboxylic acids is 1. The Balaban J connectivity index is 2.83. The van der Waals surface area contributed by atoms with Crippen LogP contribution >= 0.6 is 15.9 Å². The van der Waals surface area contributed by atoms with E-state index >= 15 is 0 Å². The third-order valence-corrected chi connectivity index (χ3v) is 3.32. The van der Waals surface area contributed by atoms with Gasteiger partial charge in [-0.15, -0.1) is 0 Å². The number of hydrogen-bond donors (Lipinski definition) is 2. The quantitative estimate of drug-likeness (QED) is 0.842. The fourth-order valence-electron chi connectivity index (χ4n) is 1.42. The fraction of sp³-hybridized carbons (Fsp3) is 0.417. The van der Waals surface area contributed by atoms with Crippen LogP contribution in [0.4, 0.5) is 0 Å². The molecule has 0 saturated carbocycles. The maximum Gasteiger partial charge on any atom is 0.329 e. The first-order chi connectivity index (χ1) is 8.78. The molecule has 2 N–H and O–H groups in total. The Morgan fingerprint density at radius 2 is 2.11 bits per heavy atom. The van der Waals surface area contributed by atoms with Gasteiger partial charge in [-0.2, -0.15) is 0 Å². The van der Waals surface area contributed by atoms with Gasteiger partial charge in [0.25, 0.3) is 5.56 Å². The van der Waals surface area contributed by atoms with Gasteiger partial charge in [-0.25, -0.2) is 4.79 Å². The van der Waals surface area contributed by atoms with Crippen LogP contribution in [0.3, 0.4) is 0 Å². The number of aliphatic carboxylic acids is 1. The van der Waals surface area contributed by atoms with E-state index in [4.69, 9.17) is 5.11 Å². The third kappa shape index (κ3) is 3.92. The van der Waals surface area contributed by atoms with E-state index in [1.54, 1.807) is 13.0 Å². The third-order valence-electron chi connectivity index (χ3n) is 2.86. The Labute approximate surface area is 118 Å². The molecule has 0 aromatic carbocycles. The van der Waals surface area contributed by atoms with Gasteiger partial charge in [-0.1, -0.05) is 6.92 Å². The lowest BCUT2D eigenvalue weighted by molar-refractivity contribution is -0.147. The number of nitrogens with zero attached hydrogens (tertiary/aromatic N) is 1. The number of rotatable bonds is 5. The summed E-state index contributed by atoms with van der Waals surface area (Å²) in [5.74, 6) is -1.63. The smallest absolute Gasteiger partial charge is 0.329 e. The first kappa shape index (κ1) is 15.4. The van der Waals surface area contributed by atoms with Gasteiger partial charge in [0, 0.05) is 16.7 Å². The SMILES string of the molecule is CCC(C)(NC(=O)Cn1cc(Br)ccc1=O)C(=O)O. The fourth-order valence-corrected chi connectivity index (χ4v) is 1.80. The Kier molecular flexibility index (Phi) is 4.88. The molecule has 0 aliphatic carbocycles. The first-order valence-corrected chi connectivity index (χ1v) is 6.48. The van der Waals surface area contributed by atoms with Crippen LogP contribution < -0.4 is 10.9 Å². The highest BCUT2D eigenvalue weighted by atomic mass is 79.9. The highest BCUT2D eigenvalue weighted by Crippen LogP contribution is 2.09. The maximum atomic E-state index is 11.8. The molecule has 0 spiro atoms. The topological polar surface area (TPSA) is 88.4 Å². The molecule has 1 amide bonds. The van der Waals surface area contributed by atoms with Gasteiger partial charge in [-0.05, 0) is 35.3 Å². The number of carbonyl (C=O) groups is 2. The summed E-state index contributed by atoms with van der Waals surface area (Å²) in [7, 11) is 0. The molecule has 1 rings (SSSR count). The summed E-state index contributed by atoms with van der Waals surface area (Å²) >= 11 is 3.20. The predicted molar refractivity (Wildman–Crippen MR) is 72.9 cm³/mol. The average molecular weight is 331 g/mol. The lowest BCUT2D eigenvalue weighted by atomic mass is 9.99. The molecule has 1 unspecified atom stereocenters.